The first-order valence-electron chi connectivity index (χ1n) is 8.24. The summed E-state index contributed by atoms with van der Waals surface area (Å²) in [4.78, 5) is 24.1. The zero-order chi connectivity index (χ0) is 17.1. The molecule has 0 radical (unpaired) electrons. The number of carbonyl (C=O) groups is 2. The second-order valence-corrected chi connectivity index (χ2v) is 5.38. The average Bonchev–Trinajstić information content (AvgIpc) is 2.55. The minimum absolute atomic E-state index is 0.0448. The summed E-state index contributed by atoms with van der Waals surface area (Å²) in [5.41, 5.74) is -0.0367. The number of halogens is 1. The highest BCUT2D eigenvalue weighted by molar-refractivity contribution is 6.03. The highest BCUT2D eigenvalue weighted by atomic mass is 19.1. The Labute approximate surface area is 137 Å². The van der Waals surface area contributed by atoms with Gasteiger partial charge in [0, 0.05) is 0 Å². The summed E-state index contributed by atoms with van der Waals surface area (Å²) in [6, 6.07) is 3.42. The minimum Gasteiger partial charge on any atom is -0.462 e. The van der Waals surface area contributed by atoms with Gasteiger partial charge in [0.1, 0.15) is 5.82 Å². The van der Waals surface area contributed by atoms with Gasteiger partial charge in [-0.25, -0.2) is 14.0 Å². The molecule has 0 spiro atoms. The van der Waals surface area contributed by atoms with Crippen molar-refractivity contribution in [1.29, 1.82) is 0 Å². The molecule has 0 N–H and O–H groups in total. The summed E-state index contributed by atoms with van der Waals surface area (Å²) in [7, 11) is 0. The molecule has 4 nitrogen and oxygen atoms in total. The number of esters is 2. The first-order chi connectivity index (χ1) is 11.1. The molecule has 0 aliphatic carbocycles. The Kier molecular flexibility index (Phi) is 8.95. The monoisotopic (exact) mass is 324 g/mol. The molecule has 0 bridgehead atoms. The van der Waals surface area contributed by atoms with Crippen molar-refractivity contribution >= 4 is 11.9 Å². The lowest BCUT2D eigenvalue weighted by Gasteiger charge is -2.10. The van der Waals surface area contributed by atoms with Crippen LogP contribution >= 0.6 is 0 Å². The van der Waals surface area contributed by atoms with Gasteiger partial charge < -0.3 is 9.47 Å². The number of carbonyl (C=O) groups excluding carboxylic acids is 2. The molecule has 0 aliphatic rings. The van der Waals surface area contributed by atoms with Crippen molar-refractivity contribution in [2.75, 3.05) is 13.2 Å². The molecule has 0 aromatic heterocycles. The van der Waals surface area contributed by atoms with Gasteiger partial charge in [0.25, 0.3) is 0 Å². The quantitative estimate of drug-likeness (QED) is 0.469. The second kappa shape index (κ2) is 10.8. The zero-order valence-electron chi connectivity index (χ0n) is 13.9. The molecule has 5 heteroatoms. The first kappa shape index (κ1) is 19.1. The van der Waals surface area contributed by atoms with E-state index >= 15 is 0 Å². The Hall–Kier alpha value is -1.91. The van der Waals surface area contributed by atoms with E-state index in [1.54, 1.807) is 0 Å². The van der Waals surface area contributed by atoms with Crippen LogP contribution in [0.3, 0.4) is 0 Å². The van der Waals surface area contributed by atoms with Crippen molar-refractivity contribution in [2.45, 2.75) is 52.4 Å². The SMILES string of the molecule is CCCCCOC(=O)c1ccc(F)cc1C(=O)OCCCCC. The maximum absolute atomic E-state index is 13.4. The van der Waals surface area contributed by atoms with Crippen LogP contribution in [0.4, 0.5) is 4.39 Å². The fraction of sp³-hybridized carbons (Fsp3) is 0.556. The lowest BCUT2D eigenvalue weighted by molar-refractivity contribution is 0.0450. The third-order valence-electron chi connectivity index (χ3n) is 3.38. The van der Waals surface area contributed by atoms with Crippen LogP contribution in [0.1, 0.15) is 73.1 Å². The molecular formula is C18H25FO4. The largest absolute Gasteiger partial charge is 0.462 e. The minimum atomic E-state index is -0.693. The fourth-order valence-electron chi connectivity index (χ4n) is 2.05. The molecule has 0 saturated heterocycles. The van der Waals surface area contributed by atoms with E-state index in [-0.39, 0.29) is 24.3 Å². The van der Waals surface area contributed by atoms with E-state index < -0.39 is 17.8 Å². The highest BCUT2D eigenvalue weighted by Gasteiger charge is 2.20. The van der Waals surface area contributed by atoms with Crippen molar-refractivity contribution in [3.63, 3.8) is 0 Å². The Morgan fingerprint density at radius 3 is 1.91 bits per heavy atom. The third-order valence-corrected chi connectivity index (χ3v) is 3.38. The lowest BCUT2D eigenvalue weighted by Crippen LogP contribution is -2.15. The molecule has 0 aliphatic heterocycles. The Bertz CT molecular complexity index is 514. The summed E-state index contributed by atoms with van der Waals surface area (Å²) in [6.45, 7) is 4.64. The molecule has 1 aromatic rings. The van der Waals surface area contributed by atoms with E-state index in [2.05, 4.69) is 6.92 Å². The van der Waals surface area contributed by atoms with Gasteiger partial charge in [0.05, 0.1) is 24.3 Å². The van der Waals surface area contributed by atoms with Crippen LogP contribution in [0.15, 0.2) is 18.2 Å². The van der Waals surface area contributed by atoms with Crippen LogP contribution in [-0.2, 0) is 9.47 Å². The Balaban J connectivity index is 2.71. The van der Waals surface area contributed by atoms with E-state index in [1.807, 2.05) is 6.92 Å². The summed E-state index contributed by atoms with van der Waals surface area (Å²) in [6.07, 6.45) is 5.44. The van der Waals surface area contributed by atoms with Gasteiger partial charge in [-0.15, -0.1) is 0 Å². The van der Waals surface area contributed by atoms with Crippen molar-refractivity contribution in [2.24, 2.45) is 0 Å². The number of rotatable bonds is 10. The number of unbranched alkanes of at least 4 members (excludes halogenated alkanes) is 4. The average molecular weight is 324 g/mol. The van der Waals surface area contributed by atoms with Gasteiger partial charge in [0.2, 0.25) is 0 Å². The van der Waals surface area contributed by atoms with E-state index in [0.717, 1.165) is 50.7 Å². The van der Waals surface area contributed by atoms with Crippen LogP contribution in [-0.4, -0.2) is 25.2 Å². The van der Waals surface area contributed by atoms with E-state index in [4.69, 9.17) is 9.47 Å². The second-order valence-electron chi connectivity index (χ2n) is 5.38. The molecule has 0 heterocycles. The molecule has 0 unspecified atom stereocenters. The molecule has 128 valence electrons. The molecule has 0 saturated carbocycles. The molecule has 0 atom stereocenters. The van der Waals surface area contributed by atoms with Crippen LogP contribution in [0.2, 0.25) is 0 Å². The van der Waals surface area contributed by atoms with Crippen molar-refractivity contribution in [3.8, 4) is 0 Å². The summed E-state index contributed by atoms with van der Waals surface area (Å²) < 4.78 is 23.6. The first-order valence-corrected chi connectivity index (χ1v) is 8.24. The van der Waals surface area contributed by atoms with Gasteiger partial charge >= 0.3 is 11.9 Å². The molecule has 0 fully saturated rings. The molecular weight excluding hydrogens is 299 g/mol. The number of ether oxygens (including phenoxy) is 2. The van der Waals surface area contributed by atoms with Crippen LogP contribution in [0, 0.1) is 5.82 Å². The molecule has 1 aromatic carbocycles. The predicted molar refractivity (Wildman–Crippen MR) is 86.0 cm³/mol. The van der Waals surface area contributed by atoms with Gasteiger partial charge in [0.15, 0.2) is 0 Å². The van der Waals surface area contributed by atoms with E-state index in [9.17, 15) is 14.0 Å². The van der Waals surface area contributed by atoms with Crippen molar-refractivity contribution in [1.82, 2.24) is 0 Å². The third kappa shape index (κ3) is 6.80. The zero-order valence-corrected chi connectivity index (χ0v) is 13.9. The standard InChI is InChI=1S/C18H25FO4/c1-3-5-7-11-22-17(20)15-10-9-14(19)13-16(15)18(21)23-12-8-6-4-2/h9-10,13H,3-8,11-12H2,1-2H3. The van der Waals surface area contributed by atoms with E-state index in [0.29, 0.717) is 0 Å². The molecule has 1 rings (SSSR count). The number of benzene rings is 1. The van der Waals surface area contributed by atoms with Gasteiger partial charge in [-0.2, -0.15) is 0 Å². The Morgan fingerprint density at radius 2 is 1.39 bits per heavy atom. The van der Waals surface area contributed by atoms with Crippen LogP contribution in [0.5, 0.6) is 0 Å². The van der Waals surface area contributed by atoms with Gasteiger partial charge in [-0.3, -0.25) is 0 Å². The smallest absolute Gasteiger partial charge is 0.339 e. The molecule has 0 amide bonds. The summed E-state index contributed by atoms with van der Waals surface area (Å²) >= 11 is 0. The van der Waals surface area contributed by atoms with Crippen molar-refractivity contribution in [3.05, 3.63) is 35.1 Å². The highest BCUT2D eigenvalue weighted by Crippen LogP contribution is 2.15. The number of hydrogen-bond acceptors (Lipinski definition) is 4. The maximum atomic E-state index is 13.4. The maximum Gasteiger partial charge on any atom is 0.339 e. The summed E-state index contributed by atoms with van der Waals surface area (Å²) in [5, 5.41) is 0. The van der Waals surface area contributed by atoms with Gasteiger partial charge in [-0.05, 0) is 31.0 Å². The predicted octanol–water partition coefficient (Wildman–Crippen LogP) is 4.52. The van der Waals surface area contributed by atoms with Gasteiger partial charge in [-0.1, -0.05) is 39.5 Å². The Morgan fingerprint density at radius 1 is 0.870 bits per heavy atom. The van der Waals surface area contributed by atoms with Crippen LogP contribution < -0.4 is 0 Å². The number of hydrogen-bond donors (Lipinski definition) is 0. The fourth-order valence-corrected chi connectivity index (χ4v) is 2.05. The van der Waals surface area contributed by atoms with Crippen molar-refractivity contribution < 1.29 is 23.5 Å². The lowest BCUT2D eigenvalue weighted by atomic mass is 10.1. The normalized spacial score (nSPS) is 10.4. The van der Waals surface area contributed by atoms with E-state index in [1.165, 1.54) is 6.07 Å². The topological polar surface area (TPSA) is 52.6 Å². The molecule has 23 heavy (non-hydrogen) atoms. The summed E-state index contributed by atoms with van der Waals surface area (Å²) in [5.74, 6) is -1.91. The van der Waals surface area contributed by atoms with Crippen LogP contribution in [0.25, 0.3) is 0 Å².